The van der Waals surface area contributed by atoms with E-state index in [1.54, 1.807) is 30.3 Å². The molecule has 0 radical (unpaired) electrons. The van der Waals surface area contributed by atoms with Gasteiger partial charge in [-0.2, -0.15) is 0 Å². The van der Waals surface area contributed by atoms with Crippen molar-refractivity contribution in [3.05, 3.63) is 57.6 Å². The number of anilines is 1. The van der Waals surface area contributed by atoms with Gasteiger partial charge in [-0.05, 0) is 64.3 Å². The van der Waals surface area contributed by atoms with E-state index in [-0.39, 0.29) is 31.5 Å². The van der Waals surface area contributed by atoms with Crippen molar-refractivity contribution in [3.8, 4) is 5.75 Å². The van der Waals surface area contributed by atoms with Crippen molar-refractivity contribution in [2.45, 2.75) is 19.4 Å². The van der Waals surface area contributed by atoms with Gasteiger partial charge in [0.2, 0.25) is 0 Å². The second kappa shape index (κ2) is 10.9. The van der Waals surface area contributed by atoms with Gasteiger partial charge >= 0.3 is 0 Å². The molecule has 0 spiro atoms. The van der Waals surface area contributed by atoms with Crippen molar-refractivity contribution >= 4 is 45.8 Å². The molecule has 0 aliphatic carbocycles. The van der Waals surface area contributed by atoms with Crippen LogP contribution in [-0.4, -0.2) is 30.1 Å². The second-order valence-electron chi connectivity index (χ2n) is 5.81. The molecule has 28 heavy (non-hydrogen) atoms. The normalized spacial score (nSPS) is 11.2. The number of carbonyl (C=O) groups is 1. The lowest BCUT2D eigenvalue weighted by Gasteiger charge is -2.25. The number of rotatable bonds is 9. The van der Waals surface area contributed by atoms with Crippen LogP contribution < -0.4 is 20.9 Å². The number of nitrogens with one attached hydrogen (secondary N) is 2. The van der Waals surface area contributed by atoms with Gasteiger partial charge in [-0.3, -0.25) is 5.41 Å². The van der Waals surface area contributed by atoms with E-state index in [0.717, 1.165) is 5.56 Å². The number of carbonyl (C=O) groups excluding carboxylic acids is 1. The first-order chi connectivity index (χ1) is 12.9. The predicted octanol–water partition coefficient (Wildman–Crippen LogP) is 1.99. The Bertz CT molecular complexity index is 831. The molecular weight excluding hydrogens is 450 g/mol. The number of carboxylic acid groups (broad SMARTS) is 1. The Balaban J connectivity index is 0.00000392. The smallest absolute Gasteiger partial charge is 0.139 e. The Hall–Kier alpha value is -2.29. The van der Waals surface area contributed by atoms with Crippen LogP contribution in [0.1, 0.15) is 29.7 Å². The largest absolute Gasteiger partial charge is 0.548 e. The number of carboxylic acids is 1. The zero-order valence-corrected chi connectivity index (χ0v) is 17.6. The molecule has 2 rings (SSSR count). The summed E-state index contributed by atoms with van der Waals surface area (Å²) in [6.45, 7) is 1.79. The highest BCUT2D eigenvalue weighted by Crippen LogP contribution is 2.36. The van der Waals surface area contributed by atoms with Gasteiger partial charge in [0.25, 0.3) is 0 Å². The minimum atomic E-state index is -1.32. The number of aliphatic hydroxyl groups excluding tert-OH is 1. The van der Waals surface area contributed by atoms with Crippen LogP contribution in [0.25, 0.3) is 0 Å². The summed E-state index contributed by atoms with van der Waals surface area (Å²) in [5.74, 6) is -1.06. The highest BCUT2D eigenvalue weighted by molar-refractivity contribution is 9.10. The molecule has 2 aromatic rings. The van der Waals surface area contributed by atoms with E-state index in [0.29, 0.717) is 33.5 Å². The maximum atomic E-state index is 11.9. The standard InChI is InChI=1S/C19H22BrN3O4.ClH/c1-2-11-9-14(17(15(20)10-11)27-8-7-24)16(19(25)26)23-13-5-3-12(4-6-13)18(21)22;/h3-6,9-10,16,23-24H,2,7-8H2,1H3,(H3,21,22)(H,25,26);1H/p-1. The third-order valence-electron chi connectivity index (χ3n) is 3.93. The molecule has 0 aliphatic heterocycles. The monoisotopic (exact) mass is 470 g/mol. The number of aliphatic carboxylic acids is 1. The molecule has 0 aliphatic rings. The number of nitrogens with two attached hydrogens (primary N) is 1. The number of benzene rings is 2. The lowest BCUT2D eigenvalue weighted by molar-refractivity contribution is -0.307. The second-order valence-corrected chi connectivity index (χ2v) is 6.66. The molecule has 0 amide bonds. The first kappa shape index (κ1) is 23.7. The van der Waals surface area contributed by atoms with E-state index in [1.807, 2.05) is 13.0 Å². The number of halogens is 2. The summed E-state index contributed by atoms with van der Waals surface area (Å²) in [5.41, 5.74) is 7.82. The SMILES string of the molecule is CCc1cc(Br)c(OCCO)c(C(Nc2ccc(C(=N)N)cc2)C(=O)[O-])c1.Cl. The number of hydrogen-bond donors (Lipinski definition) is 4. The number of aliphatic hydroxyl groups is 1. The van der Waals surface area contributed by atoms with Crippen LogP contribution in [0.3, 0.4) is 0 Å². The fourth-order valence-corrected chi connectivity index (χ4v) is 3.21. The Morgan fingerprint density at radius 2 is 2.00 bits per heavy atom. The van der Waals surface area contributed by atoms with Gasteiger partial charge in [0.05, 0.1) is 23.1 Å². The van der Waals surface area contributed by atoms with Gasteiger partial charge in [-0.25, -0.2) is 0 Å². The first-order valence-corrected chi connectivity index (χ1v) is 9.14. The maximum Gasteiger partial charge on any atom is 0.139 e. The Kier molecular flexibility index (Phi) is 9.24. The quantitative estimate of drug-likeness (QED) is 0.327. The van der Waals surface area contributed by atoms with Crippen LogP contribution in [0, 0.1) is 5.41 Å². The number of amidine groups is 1. The first-order valence-electron chi connectivity index (χ1n) is 8.35. The fraction of sp³-hybridized carbons (Fsp3) is 0.263. The minimum Gasteiger partial charge on any atom is -0.548 e. The average Bonchev–Trinajstić information content (AvgIpc) is 2.64. The summed E-state index contributed by atoms with van der Waals surface area (Å²) in [4.78, 5) is 11.9. The summed E-state index contributed by atoms with van der Waals surface area (Å²) in [7, 11) is 0. The number of hydrogen-bond acceptors (Lipinski definition) is 6. The van der Waals surface area contributed by atoms with Crippen molar-refractivity contribution in [1.82, 2.24) is 0 Å². The Morgan fingerprint density at radius 3 is 2.50 bits per heavy atom. The lowest BCUT2D eigenvalue weighted by Crippen LogP contribution is -2.34. The van der Waals surface area contributed by atoms with Crippen molar-refractivity contribution in [1.29, 1.82) is 5.41 Å². The van der Waals surface area contributed by atoms with Crippen molar-refractivity contribution < 1.29 is 19.7 Å². The molecule has 1 unspecified atom stereocenters. The van der Waals surface area contributed by atoms with Crippen LogP contribution in [0.15, 0.2) is 40.9 Å². The van der Waals surface area contributed by atoms with E-state index in [2.05, 4.69) is 21.2 Å². The fourth-order valence-electron chi connectivity index (χ4n) is 2.57. The Morgan fingerprint density at radius 1 is 1.36 bits per heavy atom. The predicted molar refractivity (Wildman–Crippen MR) is 112 cm³/mol. The van der Waals surface area contributed by atoms with E-state index < -0.39 is 12.0 Å². The van der Waals surface area contributed by atoms with Crippen LogP contribution in [0.2, 0.25) is 0 Å². The van der Waals surface area contributed by atoms with Crippen molar-refractivity contribution in [2.75, 3.05) is 18.5 Å². The van der Waals surface area contributed by atoms with Crippen LogP contribution in [0.4, 0.5) is 5.69 Å². The molecule has 0 aromatic heterocycles. The molecule has 7 nitrogen and oxygen atoms in total. The molecule has 9 heteroatoms. The van der Waals surface area contributed by atoms with Gasteiger partial charge in [0, 0.05) is 16.8 Å². The number of ether oxygens (including phenoxy) is 1. The third kappa shape index (κ3) is 5.85. The lowest BCUT2D eigenvalue weighted by atomic mass is 10.0. The van der Waals surface area contributed by atoms with Gasteiger partial charge in [0.15, 0.2) is 0 Å². The third-order valence-corrected chi connectivity index (χ3v) is 4.52. The summed E-state index contributed by atoms with van der Waals surface area (Å²) >= 11 is 3.41. The average molecular weight is 472 g/mol. The summed E-state index contributed by atoms with van der Waals surface area (Å²) in [6, 6.07) is 8.94. The highest BCUT2D eigenvalue weighted by Gasteiger charge is 2.21. The molecule has 1 atom stereocenters. The molecule has 0 saturated carbocycles. The molecular formula is C19H22BrClN3O4-. The zero-order valence-electron chi connectivity index (χ0n) is 15.2. The van der Waals surface area contributed by atoms with Gasteiger partial charge in [-0.1, -0.05) is 6.92 Å². The summed E-state index contributed by atoms with van der Waals surface area (Å²) in [5, 5.41) is 31.3. The Labute approximate surface area is 178 Å². The molecule has 2 aromatic carbocycles. The molecule has 0 fully saturated rings. The van der Waals surface area contributed by atoms with Crippen LogP contribution >= 0.6 is 28.3 Å². The highest BCUT2D eigenvalue weighted by atomic mass is 79.9. The van der Waals surface area contributed by atoms with Crippen molar-refractivity contribution in [2.24, 2.45) is 5.73 Å². The maximum absolute atomic E-state index is 11.9. The van der Waals surface area contributed by atoms with Gasteiger partial charge in [-0.15, -0.1) is 12.4 Å². The van der Waals surface area contributed by atoms with Gasteiger partial charge in [0.1, 0.15) is 18.2 Å². The van der Waals surface area contributed by atoms with Gasteiger partial charge < -0.3 is 30.8 Å². The summed E-state index contributed by atoms with van der Waals surface area (Å²) < 4.78 is 6.17. The topological polar surface area (TPSA) is 131 Å². The zero-order chi connectivity index (χ0) is 20.0. The summed E-state index contributed by atoms with van der Waals surface area (Å²) in [6.07, 6.45) is 0.707. The minimum absolute atomic E-state index is 0. The molecule has 152 valence electrons. The van der Waals surface area contributed by atoms with Crippen LogP contribution in [0.5, 0.6) is 5.75 Å². The number of aryl methyl sites for hydroxylation is 1. The van der Waals surface area contributed by atoms with E-state index >= 15 is 0 Å². The van der Waals surface area contributed by atoms with E-state index in [9.17, 15) is 9.90 Å². The molecule has 0 bridgehead atoms. The van der Waals surface area contributed by atoms with Crippen LogP contribution in [-0.2, 0) is 11.2 Å². The van der Waals surface area contributed by atoms with Crippen molar-refractivity contribution in [3.63, 3.8) is 0 Å². The molecule has 0 saturated heterocycles. The molecule has 0 heterocycles. The van der Waals surface area contributed by atoms with E-state index in [4.69, 9.17) is 21.0 Å². The van der Waals surface area contributed by atoms with E-state index in [1.165, 1.54) is 0 Å². The number of nitrogen functional groups attached to an aromatic ring is 1. The molecule has 5 N–H and O–H groups in total.